The summed E-state index contributed by atoms with van der Waals surface area (Å²) in [7, 11) is 0. The van der Waals surface area contributed by atoms with Crippen LogP contribution in [0.15, 0.2) is 26.1 Å². The first-order chi connectivity index (χ1) is 6.79. The Morgan fingerprint density at radius 2 is 2.43 bits per heavy atom. The van der Waals surface area contributed by atoms with Crippen molar-refractivity contribution in [1.82, 2.24) is 4.98 Å². The highest BCUT2D eigenvalue weighted by molar-refractivity contribution is 8.02. The molecule has 0 amide bonds. The first kappa shape index (κ1) is 10.2. The molecule has 0 atom stereocenters. The van der Waals surface area contributed by atoms with Gasteiger partial charge in [-0.2, -0.15) is 0 Å². The molecular weight excluding hydrogens is 258 g/mol. The third-order valence-corrected chi connectivity index (χ3v) is 4.86. The fraction of sp³-hybridized carbons (Fsp3) is 0. The molecule has 0 N–H and O–H groups in total. The normalized spacial score (nSPS) is 10.4. The molecule has 0 aromatic carbocycles. The summed E-state index contributed by atoms with van der Waals surface area (Å²) in [6, 6.07) is 3.98. The second-order valence-corrected chi connectivity index (χ2v) is 6.17. The van der Waals surface area contributed by atoms with Gasteiger partial charge in [0.1, 0.15) is 4.88 Å². The van der Waals surface area contributed by atoms with E-state index in [1.165, 1.54) is 23.1 Å². The van der Waals surface area contributed by atoms with E-state index >= 15 is 0 Å². The van der Waals surface area contributed by atoms with Crippen molar-refractivity contribution in [3.8, 4) is 0 Å². The fourth-order valence-corrected chi connectivity index (χ4v) is 4.03. The van der Waals surface area contributed by atoms with E-state index in [1.807, 2.05) is 17.5 Å². The summed E-state index contributed by atoms with van der Waals surface area (Å²) in [5, 5.41) is 2.29. The molecule has 2 nitrogen and oxygen atoms in total. The molecule has 0 saturated heterocycles. The molecule has 0 aliphatic carbocycles. The van der Waals surface area contributed by atoms with Crippen LogP contribution in [0.5, 0.6) is 0 Å². The number of rotatable bonds is 3. The van der Waals surface area contributed by atoms with Crippen LogP contribution in [0.4, 0.5) is 0 Å². The Morgan fingerprint density at radius 3 is 3.00 bits per heavy atom. The van der Waals surface area contributed by atoms with Crippen LogP contribution in [0.1, 0.15) is 9.67 Å². The minimum absolute atomic E-state index is 0.295. The molecule has 0 bridgehead atoms. The van der Waals surface area contributed by atoms with Crippen LogP contribution in [-0.4, -0.2) is 11.3 Å². The molecule has 0 fully saturated rings. The molecule has 0 spiro atoms. The number of halogens is 1. The van der Waals surface area contributed by atoms with Gasteiger partial charge in [0.15, 0.2) is 15.8 Å². The summed E-state index contributed by atoms with van der Waals surface area (Å²) < 4.78 is 1.95. The minimum atomic E-state index is 0.295. The van der Waals surface area contributed by atoms with Gasteiger partial charge < -0.3 is 0 Å². The third-order valence-electron chi connectivity index (χ3n) is 1.38. The van der Waals surface area contributed by atoms with Crippen molar-refractivity contribution in [2.24, 2.45) is 0 Å². The number of aromatic nitrogens is 1. The van der Waals surface area contributed by atoms with Gasteiger partial charge in [-0.1, -0.05) is 17.7 Å². The predicted molar refractivity (Wildman–Crippen MR) is 61.0 cm³/mol. The van der Waals surface area contributed by atoms with E-state index in [1.54, 1.807) is 11.3 Å². The van der Waals surface area contributed by atoms with Gasteiger partial charge in [0, 0.05) is 0 Å². The zero-order valence-electron chi connectivity index (χ0n) is 6.77. The summed E-state index contributed by atoms with van der Waals surface area (Å²) in [5.74, 6) is 0. The number of aldehydes is 1. The van der Waals surface area contributed by atoms with E-state index < -0.39 is 0 Å². The van der Waals surface area contributed by atoms with Crippen LogP contribution in [0, 0.1) is 0 Å². The van der Waals surface area contributed by atoms with Crippen LogP contribution < -0.4 is 0 Å². The largest absolute Gasteiger partial charge is 0.297 e. The molecule has 14 heavy (non-hydrogen) atoms. The number of carbonyl (C=O) groups excluding carboxylic acids is 1. The Hall–Kier alpha value is -0.360. The maximum atomic E-state index is 10.5. The molecule has 0 unspecified atom stereocenters. The molecular formula is C8H4ClNOS3. The summed E-state index contributed by atoms with van der Waals surface area (Å²) in [4.78, 5) is 15.1. The zero-order chi connectivity index (χ0) is 9.97. The van der Waals surface area contributed by atoms with Crippen molar-refractivity contribution in [2.75, 3.05) is 0 Å². The second-order valence-electron chi connectivity index (χ2n) is 2.29. The summed E-state index contributed by atoms with van der Waals surface area (Å²) >= 11 is 10.2. The lowest BCUT2D eigenvalue weighted by atomic mass is 10.6. The highest BCUT2D eigenvalue weighted by Crippen LogP contribution is 2.36. The first-order valence-corrected chi connectivity index (χ1v) is 6.51. The van der Waals surface area contributed by atoms with Crippen LogP contribution in [0.25, 0.3) is 0 Å². The van der Waals surface area contributed by atoms with Crippen LogP contribution in [0.2, 0.25) is 5.15 Å². The monoisotopic (exact) mass is 261 g/mol. The molecule has 2 rings (SSSR count). The van der Waals surface area contributed by atoms with Gasteiger partial charge >= 0.3 is 0 Å². The van der Waals surface area contributed by atoms with E-state index in [4.69, 9.17) is 11.6 Å². The Labute approximate surface area is 97.9 Å². The highest BCUT2D eigenvalue weighted by Gasteiger charge is 2.09. The number of thiazole rings is 1. The lowest BCUT2D eigenvalue weighted by Crippen LogP contribution is -1.70. The standard InChI is InChI=1S/C8H4ClNOS3/c9-7-5(4-11)13-8(10-7)14-6-2-1-3-12-6/h1-4H. The number of hydrogen-bond acceptors (Lipinski definition) is 5. The van der Waals surface area contributed by atoms with Crippen molar-refractivity contribution in [3.63, 3.8) is 0 Å². The van der Waals surface area contributed by atoms with Gasteiger partial charge in [-0.15, -0.1) is 22.7 Å². The number of carbonyl (C=O) groups is 1. The molecule has 2 aromatic heterocycles. The zero-order valence-corrected chi connectivity index (χ0v) is 9.97. The van der Waals surface area contributed by atoms with Gasteiger partial charge in [0.05, 0.1) is 4.21 Å². The minimum Gasteiger partial charge on any atom is -0.297 e. The highest BCUT2D eigenvalue weighted by atomic mass is 35.5. The molecule has 6 heteroatoms. The lowest BCUT2D eigenvalue weighted by Gasteiger charge is -1.88. The third kappa shape index (κ3) is 2.17. The maximum Gasteiger partial charge on any atom is 0.163 e. The van der Waals surface area contributed by atoms with Gasteiger partial charge in [-0.05, 0) is 23.2 Å². The summed E-state index contributed by atoms with van der Waals surface area (Å²) in [5.41, 5.74) is 0. The van der Waals surface area contributed by atoms with E-state index in [2.05, 4.69) is 4.98 Å². The van der Waals surface area contributed by atoms with Gasteiger partial charge in [0.2, 0.25) is 0 Å². The molecule has 2 heterocycles. The summed E-state index contributed by atoms with van der Waals surface area (Å²) in [6.07, 6.45) is 0.735. The predicted octanol–water partition coefficient (Wildman–Crippen LogP) is 3.82. The fourth-order valence-electron chi connectivity index (χ4n) is 0.818. The SMILES string of the molecule is O=Cc1sc(Sc2cccs2)nc1Cl. The average Bonchev–Trinajstić information content (AvgIpc) is 2.76. The van der Waals surface area contributed by atoms with Gasteiger partial charge in [-0.25, -0.2) is 4.98 Å². The molecule has 0 aliphatic heterocycles. The van der Waals surface area contributed by atoms with E-state index in [0.717, 1.165) is 14.8 Å². The smallest absolute Gasteiger partial charge is 0.163 e. The van der Waals surface area contributed by atoms with Gasteiger partial charge in [-0.3, -0.25) is 4.79 Å². The molecule has 2 aromatic rings. The van der Waals surface area contributed by atoms with Gasteiger partial charge in [0.25, 0.3) is 0 Å². The number of nitrogens with zero attached hydrogens (tertiary/aromatic N) is 1. The number of thiophene rings is 1. The maximum absolute atomic E-state index is 10.5. The van der Waals surface area contributed by atoms with Crippen LogP contribution in [-0.2, 0) is 0 Å². The second kappa shape index (κ2) is 4.44. The Morgan fingerprint density at radius 1 is 1.57 bits per heavy atom. The van der Waals surface area contributed by atoms with E-state index in [0.29, 0.717) is 10.0 Å². The van der Waals surface area contributed by atoms with Crippen LogP contribution >= 0.6 is 46.0 Å². The van der Waals surface area contributed by atoms with Crippen molar-refractivity contribution < 1.29 is 4.79 Å². The average molecular weight is 262 g/mol. The van der Waals surface area contributed by atoms with E-state index in [-0.39, 0.29) is 0 Å². The first-order valence-electron chi connectivity index (χ1n) is 3.62. The molecule has 0 radical (unpaired) electrons. The Kier molecular flexibility index (Phi) is 3.22. The van der Waals surface area contributed by atoms with Crippen LogP contribution in [0.3, 0.4) is 0 Å². The quantitative estimate of drug-likeness (QED) is 0.787. The Bertz CT molecular complexity index is 437. The molecule has 72 valence electrons. The van der Waals surface area contributed by atoms with Crippen molar-refractivity contribution in [1.29, 1.82) is 0 Å². The Balaban J connectivity index is 2.21. The topological polar surface area (TPSA) is 30.0 Å². The van der Waals surface area contributed by atoms with Crippen molar-refractivity contribution >= 4 is 52.3 Å². The lowest BCUT2D eigenvalue weighted by molar-refractivity contribution is 0.112. The number of hydrogen-bond donors (Lipinski definition) is 0. The summed E-state index contributed by atoms with van der Waals surface area (Å²) in [6.45, 7) is 0. The van der Waals surface area contributed by atoms with E-state index in [9.17, 15) is 4.79 Å². The molecule has 0 aliphatic rings. The van der Waals surface area contributed by atoms with Crippen molar-refractivity contribution in [3.05, 3.63) is 27.5 Å². The van der Waals surface area contributed by atoms with Crippen molar-refractivity contribution in [2.45, 2.75) is 8.55 Å². The molecule has 0 saturated carbocycles.